The van der Waals surface area contributed by atoms with Gasteiger partial charge >= 0.3 is 12.0 Å². The maximum Gasteiger partial charge on any atom is 0.340 e. The Kier molecular flexibility index (Phi) is 5.79. The third kappa shape index (κ3) is 4.11. The summed E-state index contributed by atoms with van der Waals surface area (Å²) in [4.78, 5) is 25.3. The van der Waals surface area contributed by atoms with Crippen molar-refractivity contribution in [2.24, 2.45) is 5.92 Å². The number of piperidine rings is 1. The number of anilines is 1. The number of likely N-dealkylation sites (tertiary alicyclic amines) is 1. The molecule has 2 rings (SSSR count). The van der Waals surface area contributed by atoms with Crippen LogP contribution >= 0.6 is 11.6 Å². The summed E-state index contributed by atoms with van der Waals surface area (Å²) in [6.07, 6.45) is 1.45. The van der Waals surface area contributed by atoms with E-state index in [2.05, 4.69) is 10.1 Å². The molecule has 23 heavy (non-hydrogen) atoms. The molecule has 126 valence electrons. The lowest BCUT2D eigenvalue weighted by molar-refractivity contribution is 0.0595. The van der Waals surface area contributed by atoms with Gasteiger partial charge in [0.25, 0.3) is 0 Å². The van der Waals surface area contributed by atoms with Crippen LogP contribution in [0.25, 0.3) is 0 Å². The Bertz CT molecular complexity index is 603. The second-order valence-electron chi connectivity index (χ2n) is 5.35. The van der Waals surface area contributed by atoms with Crippen molar-refractivity contribution in [3.05, 3.63) is 28.5 Å². The highest BCUT2D eigenvalue weighted by Gasteiger charge is 2.23. The van der Waals surface area contributed by atoms with Gasteiger partial charge < -0.3 is 20.1 Å². The van der Waals surface area contributed by atoms with Crippen LogP contribution in [0.15, 0.2) is 12.1 Å². The topological polar surface area (TPSA) is 78.9 Å². The van der Waals surface area contributed by atoms with Gasteiger partial charge in [0.05, 0.1) is 17.7 Å². The van der Waals surface area contributed by atoms with Crippen LogP contribution in [0.5, 0.6) is 0 Å². The number of carbonyl (C=O) groups excluding carboxylic acids is 2. The minimum Gasteiger partial charge on any atom is -0.465 e. The summed E-state index contributed by atoms with van der Waals surface area (Å²) in [5.74, 6) is -1.55. The summed E-state index contributed by atoms with van der Waals surface area (Å²) in [5, 5.41) is 11.4. The van der Waals surface area contributed by atoms with Gasteiger partial charge in [0, 0.05) is 25.4 Å². The molecule has 0 spiro atoms. The minimum absolute atomic E-state index is 0.117. The van der Waals surface area contributed by atoms with Crippen LogP contribution in [0, 0.1) is 11.7 Å². The number of halogens is 2. The van der Waals surface area contributed by atoms with Gasteiger partial charge in [-0.3, -0.25) is 0 Å². The lowest BCUT2D eigenvalue weighted by Gasteiger charge is -2.31. The number of amides is 2. The number of hydrogen-bond donors (Lipinski definition) is 2. The van der Waals surface area contributed by atoms with E-state index in [-0.39, 0.29) is 34.8 Å². The Morgan fingerprint density at radius 2 is 2.09 bits per heavy atom. The van der Waals surface area contributed by atoms with Crippen molar-refractivity contribution in [3.63, 3.8) is 0 Å². The van der Waals surface area contributed by atoms with Crippen molar-refractivity contribution < 1.29 is 23.8 Å². The number of urea groups is 1. The van der Waals surface area contributed by atoms with Crippen LogP contribution in [0.2, 0.25) is 5.02 Å². The molecule has 1 aliphatic heterocycles. The Hall–Kier alpha value is -1.86. The van der Waals surface area contributed by atoms with Gasteiger partial charge in [0.1, 0.15) is 0 Å². The number of nitrogens with zero attached hydrogens (tertiary/aromatic N) is 1. The van der Waals surface area contributed by atoms with E-state index in [9.17, 15) is 14.0 Å². The summed E-state index contributed by atoms with van der Waals surface area (Å²) in [6.45, 7) is 1.16. The normalized spacial score (nSPS) is 15.4. The molecule has 0 aromatic heterocycles. The molecule has 1 aromatic rings. The summed E-state index contributed by atoms with van der Waals surface area (Å²) < 4.78 is 18.3. The number of methoxy groups -OCH3 is 1. The van der Waals surface area contributed by atoms with Crippen LogP contribution in [0.3, 0.4) is 0 Å². The fraction of sp³-hybridized carbons (Fsp3) is 0.467. The second-order valence-corrected chi connectivity index (χ2v) is 5.76. The van der Waals surface area contributed by atoms with Gasteiger partial charge in [0.15, 0.2) is 5.82 Å². The van der Waals surface area contributed by atoms with E-state index in [4.69, 9.17) is 16.7 Å². The molecule has 0 radical (unpaired) electrons. The number of nitrogens with one attached hydrogen (secondary N) is 1. The summed E-state index contributed by atoms with van der Waals surface area (Å²) in [5.41, 5.74) is -0.125. The van der Waals surface area contributed by atoms with Gasteiger partial charge in [-0.2, -0.15) is 0 Å². The van der Waals surface area contributed by atoms with E-state index in [1.54, 1.807) is 4.90 Å². The zero-order chi connectivity index (χ0) is 17.0. The molecule has 0 unspecified atom stereocenters. The predicted octanol–water partition coefficient (Wildman–Crippen LogP) is 2.50. The third-order valence-corrected chi connectivity index (χ3v) is 4.12. The molecule has 0 atom stereocenters. The number of carbonyl (C=O) groups is 2. The van der Waals surface area contributed by atoms with Gasteiger partial charge in [-0.05, 0) is 30.9 Å². The standard InChI is InChI=1S/C15H18ClFN2O4/c1-23-14(21)11-6-10(7-12(16)13(11)17)18-15(22)19-4-2-9(8-20)3-5-19/h6-7,9,20H,2-5,8H2,1H3,(H,18,22). The summed E-state index contributed by atoms with van der Waals surface area (Å²) >= 11 is 5.75. The lowest BCUT2D eigenvalue weighted by Crippen LogP contribution is -2.41. The molecular weight excluding hydrogens is 327 g/mol. The molecule has 1 aromatic carbocycles. The van der Waals surface area contributed by atoms with Crippen LogP contribution in [-0.4, -0.2) is 48.8 Å². The molecule has 2 amide bonds. The SMILES string of the molecule is COC(=O)c1cc(NC(=O)N2CCC(CO)CC2)cc(Cl)c1F. The van der Waals surface area contributed by atoms with Crippen molar-refractivity contribution >= 4 is 29.3 Å². The average molecular weight is 345 g/mol. The van der Waals surface area contributed by atoms with Crippen molar-refractivity contribution in [1.29, 1.82) is 0 Å². The molecule has 8 heteroatoms. The van der Waals surface area contributed by atoms with E-state index in [1.165, 1.54) is 12.1 Å². The smallest absolute Gasteiger partial charge is 0.340 e. The summed E-state index contributed by atoms with van der Waals surface area (Å²) in [7, 11) is 1.13. The Morgan fingerprint density at radius 1 is 1.43 bits per heavy atom. The van der Waals surface area contributed by atoms with Crippen molar-refractivity contribution in [3.8, 4) is 0 Å². The quantitative estimate of drug-likeness (QED) is 0.826. The van der Waals surface area contributed by atoms with E-state index < -0.39 is 11.8 Å². The number of ether oxygens (including phenoxy) is 1. The highest BCUT2D eigenvalue weighted by atomic mass is 35.5. The molecule has 1 saturated heterocycles. The fourth-order valence-corrected chi connectivity index (χ4v) is 2.66. The van der Waals surface area contributed by atoms with E-state index in [1.807, 2.05) is 0 Å². The molecular formula is C15H18ClFN2O4. The third-order valence-electron chi connectivity index (χ3n) is 3.84. The first-order valence-corrected chi connectivity index (χ1v) is 7.58. The highest BCUT2D eigenvalue weighted by molar-refractivity contribution is 6.31. The monoisotopic (exact) mass is 344 g/mol. The zero-order valence-electron chi connectivity index (χ0n) is 12.6. The maximum atomic E-state index is 13.8. The molecule has 1 fully saturated rings. The molecule has 6 nitrogen and oxygen atoms in total. The van der Waals surface area contributed by atoms with Gasteiger partial charge in [-0.25, -0.2) is 14.0 Å². The van der Waals surface area contributed by atoms with Crippen LogP contribution in [-0.2, 0) is 4.74 Å². The van der Waals surface area contributed by atoms with Crippen LogP contribution < -0.4 is 5.32 Å². The number of hydrogen-bond acceptors (Lipinski definition) is 4. The first-order valence-electron chi connectivity index (χ1n) is 7.20. The van der Waals surface area contributed by atoms with Crippen molar-refractivity contribution in [2.75, 3.05) is 32.1 Å². The number of esters is 1. The maximum absolute atomic E-state index is 13.8. The molecule has 0 bridgehead atoms. The average Bonchev–Trinajstić information content (AvgIpc) is 2.57. The van der Waals surface area contributed by atoms with Crippen LogP contribution in [0.4, 0.5) is 14.9 Å². The largest absolute Gasteiger partial charge is 0.465 e. The number of benzene rings is 1. The first kappa shape index (κ1) is 17.5. The summed E-state index contributed by atoms with van der Waals surface area (Å²) in [6, 6.07) is 2.06. The first-order chi connectivity index (χ1) is 11.0. The Balaban J connectivity index is 2.09. The number of rotatable bonds is 3. The van der Waals surface area contributed by atoms with Crippen LogP contribution in [0.1, 0.15) is 23.2 Å². The van der Waals surface area contributed by atoms with Gasteiger partial charge in [-0.15, -0.1) is 0 Å². The zero-order valence-corrected chi connectivity index (χ0v) is 13.4. The Labute approximate surface area is 138 Å². The van der Waals surface area contributed by atoms with E-state index in [0.717, 1.165) is 20.0 Å². The van der Waals surface area contributed by atoms with Gasteiger partial charge in [-0.1, -0.05) is 11.6 Å². The molecule has 2 N–H and O–H groups in total. The molecule has 1 aliphatic rings. The minimum atomic E-state index is -0.889. The number of aliphatic hydroxyl groups is 1. The molecule has 0 saturated carbocycles. The van der Waals surface area contributed by atoms with Gasteiger partial charge in [0.2, 0.25) is 0 Å². The lowest BCUT2D eigenvalue weighted by atomic mass is 9.98. The molecule has 0 aliphatic carbocycles. The second kappa shape index (κ2) is 7.61. The number of aliphatic hydroxyl groups excluding tert-OH is 1. The highest BCUT2D eigenvalue weighted by Crippen LogP contribution is 2.25. The van der Waals surface area contributed by atoms with E-state index >= 15 is 0 Å². The predicted molar refractivity (Wildman–Crippen MR) is 83.2 cm³/mol. The van der Waals surface area contributed by atoms with E-state index in [0.29, 0.717) is 13.1 Å². The fourth-order valence-electron chi connectivity index (χ4n) is 2.44. The Morgan fingerprint density at radius 3 is 2.65 bits per heavy atom. The molecule has 1 heterocycles. The van der Waals surface area contributed by atoms with Crippen molar-refractivity contribution in [2.45, 2.75) is 12.8 Å². The van der Waals surface area contributed by atoms with Crippen molar-refractivity contribution in [1.82, 2.24) is 4.90 Å².